The molecule has 0 amide bonds. The zero-order valence-electron chi connectivity index (χ0n) is 10.3. The van der Waals surface area contributed by atoms with Gasteiger partial charge in [0.2, 0.25) is 0 Å². The Kier molecular flexibility index (Phi) is 5.90. The zero-order chi connectivity index (χ0) is 11.8. The molecule has 0 aliphatic heterocycles. The summed E-state index contributed by atoms with van der Waals surface area (Å²) in [7, 11) is 1.71. The molecule has 3 nitrogen and oxygen atoms in total. The van der Waals surface area contributed by atoms with E-state index in [1.807, 2.05) is 12.1 Å². The van der Waals surface area contributed by atoms with Gasteiger partial charge in [-0.05, 0) is 24.1 Å². The Balaban J connectivity index is 2.48. The van der Waals surface area contributed by atoms with Crippen LogP contribution in [0.5, 0.6) is 0 Å². The van der Waals surface area contributed by atoms with Crippen molar-refractivity contribution in [1.29, 1.82) is 0 Å². The van der Waals surface area contributed by atoms with E-state index in [1.54, 1.807) is 13.4 Å². The molecule has 0 aliphatic rings. The summed E-state index contributed by atoms with van der Waals surface area (Å²) in [6, 6.07) is 3.87. The summed E-state index contributed by atoms with van der Waals surface area (Å²) >= 11 is 0. The maximum absolute atomic E-state index is 5.31. The van der Waals surface area contributed by atoms with Gasteiger partial charge >= 0.3 is 0 Å². The molecule has 0 radical (unpaired) electrons. The second kappa shape index (κ2) is 7.25. The van der Waals surface area contributed by atoms with Gasteiger partial charge in [-0.15, -0.1) is 0 Å². The van der Waals surface area contributed by atoms with Gasteiger partial charge in [0, 0.05) is 20.2 Å². The van der Waals surface area contributed by atoms with Crippen LogP contribution in [0.3, 0.4) is 0 Å². The Morgan fingerprint density at radius 1 is 1.56 bits per heavy atom. The van der Waals surface area contributed by atoms with Crippen molar-refractivity contribution < 1.29 is 9.15 Å². The second-order valence-corrected chi connectivity index (χ2v) is 4.06. The Morgan fingerprint density at radius 3 is 2.94 bits per heavy atom. The normalized spacial score (nSPS) is 12.4. The summed E-state index contributed by atoms with van der Waals surface area (Å²) in [5.41, 5.74) is 1.34. The monoisotopic (exact) mass is 223 g/mol. The van der Waals surface area contributed by atoms with Crippen LogP contribution in [0.1, 0.15) is 19.6 Å². The molecular formula is C13H21NO2. The maximum Gasteiger partial charge on any atom is 0.126 e. The minimum Gasteiger partial charge on any atom is -0.465 e. The standard InChI is InChI=1S/C13H21NO2/c1-11(2)12(10-14-6-8-15-3)9-13-5-4-7-16-13/h4-5,7,9,11,14H,6,8,10H2,1-3H3. The summed E-state index contributed by atoms with van der Waals surface area (Å²) in [6.45, 7) is 6.87. The lowest BCUT2D eigenvalue weighted by molar-refractivity contribution is 0.200. The molecule has 0 aliphatic carbocycles. The minimum atomic E-state index is 0.514. The molecule has 1 heterocycles. The second-order valence-electron chi connectivity index (χ2n) is 4.06. The van der Waals surface area contributed by atoms with Gasteiger partial charge in [0.15, 0.2) is 0 Å². The van der Waals surface area contributed by atoms with E-state index < -0.39 is 0 Å². The molecule has 3 heteroatoms. The molecule has 0 unspecified atom stereocenters. The molecule has 16 heavy (non-hydrogen) atoms. The number of hydrogen-bond donors (Lipinski definition) is 1. The number of rotatable bonds is 7. The van der Waals surface area contributed by atoms with Crippen LogP contribution in [-0.2, 0) is 4.74 Å². The van der Waals surface area contributed by atoms with E-state index in [9.17, 15) is 0 Å². The van der Waals surface area contributed by atoms with Crippen molar-refractivity contribution in [3.8, 4) is 0 Å². The SMILES string of the molecule is COCCNCC(=Cc1ccco1)C(C)C. The van der Waals surface area contributed by atoms with Gasteiger partial charge in [-0.1, -0.05) is 19.4 Å². The van der Waals surface area contributed by atoms with Crippen molar-refractivity contribution in [3.05, 3.63) is 29.7 Å². The summed E-state index contributed by atoms with van der Waals surface area (Å²) in [6.07, 6.45) is 3.80. The van der Waals surface area contributed by atoms with Gasteiger partial charge in [-0.25, -0.2) is 0 Å². The largest absolute Gasteiger partial charge is 0.465 e. The summed E-state index contributed by atoms with van der Waals surface area (Å²) in [5, 5.41) is 3.35. The minimum absolute atomic E-state index is 0.514. The molecule has 0 atom stereocenters. The van der Waals surface area contributed by atoms with E-state index >= 15 is 0 Å². The highest BCUT2D eigenvalue weighted by Gasteiger charge is 2.04. The highest BCUT2D eigenvalue weighted by atomic mass is 16.5. The van der Waals surface area contributed by atoms with Gasteiger partial charge < -0.3 is 14.5 Å². The van der Waals surface area contributed by atoms with Gasteiger partial charge in [-0.3, -0.25) is 0 Å². The molecule has 1 aromatic rings. The maximum atomic E-state index is 5.31. The predicted octanol–water partition coefficient (Wildman–Crippen LogP) is 2.56. The van der Waals surface area contributed by atoms with Crippen molar-refractivity contribution in [2.75, 3.05) is 26.8 Å². The van der Waals surface area contributed by atoms with Crippen LogP contribution >= 0.6 is 0 Å². The van der Waals surface area contributed by atoms with Crippen LogP contribution in [-0.4, -0.2) is 26.8 Å². The Hall–Kier alpha value is -1.06. The van der Waals surface area contributed by atoms with Crippen LogP contribution in [0.25, 0.3) is 6.08 Å². The highest BCUT2D eigenvalue weighted by molar-refractivity contribution is 5.48. The first-order valence-corrected chi connectivity index (χ1v) is 5.67. The van der Waals surface area contributed by atoms with Gasteiger partial charge in [0.25, 0.3) is 0 Å². The molecule has 1 aromatic heterocycles. The molecule has 90 valence electrons. The fourth-order valence-corrected chi connectivity index (χ4v) is 1.38. The Labute approximate surface area is 97.5 Å². The van der Waals surface area contributed by atoms with Crippen molar-refractivity contribution in [2.45, 2.75) is 13.8 Å². The first-order valence-electron chi connectivity index (χ1n) is 5.67. The van der Waals surface area contributed by atoms with Gasteiger partial charge in [0.1, 0.15) is 5.76 Å². The first-order chi connectivity index (χ1) is 7.74. The smallest absolute Gasteiger partial charge is 0.126 e. The summed E-state index contributed by atoms with van der Waals surface area (Å²) in [5.74, 6) is 1.43. The van der Waals surface area contributed by atoms with Crippen LogP contribution in [0.15, 0.2) is 28.4 Å². The topological polar surface area (TPSA) is 34.4 Å². The third-order valence-corrected chi connectivity index (χ3v) is 2.42. The van der Waals surface area contributed by atoms with E-state index in [-0.39, 0.29) is 0 Å². The molecular weight excluding hydrogens is 202 g/mol. The Bertz CT molecular complexity index is 302. The van der Waals surface area contributed by atoms with Crippen molar-refractivity contribution in [3.63, 3.8) is 0 Å². The molecule has 0 saturated heterocycles. The van der Waals surface area contributed by atoms with E-state index in [0.717, 1.165) is 25.5 Å². The molecule has 0 saturated carbocycles. The quantitative estimate of drug-likeness (QED) is 0.721. The average Bonchev–Trinajstić information content (AvgIpc) is 2.75. The van der Waals surface area contributed by atoms with Crippen molar-refractivity contribution in [2.24, 2.45) is 5.92 Å². The Morgan fingerprint density at radius 2 is 2.38 bits per heavy atom. The van der Waals surface area contributed by atoms with Crippen molar-refractivity contribution >= 4 is 6.08 Å². The lowest BCUT2D eigenvalue weighted by Gasteiger charge is -2.12. The van der Waals surface area contributed by atoms with Crippen LogP contribution < -0.4 is 5.32 Å². The lowest BCUT2D eigenvalue weighted by Crippen LogP contribution is -2.23. The zero-order valence-corrected chi connectivity index (χ0v) is 10.3. The molecule has 1 N–H and O–H groups in total. The van der Waals surface area contributed by atoms with Gasteiger partial charge in [0.05, 0.1) is 12.9 Å². The number of ether oxygens (including phenoxy) is 1. The highest BCUT2D eigenvalue weighted by Crippen LogP contribution is 2.14. The fourth-order valence-electron chi connectivity index (χ4n) is 1.38. The van der Waals surface area contributed by atoms with E-state index in [4.69, 9.17) is 9.15 Å². The third-order valence-electron chi connectivity index (χ3n) is 2.42. The van der Waals surface area contributed by atoms with E-state index in [0.29, 0.717) is 5.92 Å². The number of furan rings is 1. The molecule has 0 bridgehead atoms. The van der Waals surface area contributed by atoms with Crippen molar-refractivity contribution in [1.82, 2.24) is 5.32 Å². The molecule has 0 spiro atoms. The van der Waals surface area contributed by atoms with Crippen LogP contribution in [0, 0.1) is 5.92 Å². The van der Waals surface area contributed by atoms with E-state index in [2.05, 4.69) is 25.2 Å². The fraction of sp³-hybridized carbons (Fsp3) is 0.538. The van der Waals surface area contributed by atoms with Gasteiger partial charge in [-0.2, -0.15) is 0 Å². The third kappa shape index (κ3) is 4.64. The predicted molar refractivity (Wildman–Crippen MR) is 66.3 cm³/mol. The first kappa shape index (κ1) is 13.0. The lowest BCUT2D eigenvalue weighted by atomic mass is 10.0. The van der Waals surface area contributed by atoms with E-state index in [1.165, 1.54) is 5.57 Å². The molecule has 1 rings (SSSR count). The average molecular weight is 223 g/mol. The molecule has 0 fully saturated rings. The number of hydrogen-bond acceptors (Lipinski definition) is 3. The molecule has 0 aromatic carbocycles. The summed E-state index contributed by atoms with van der Waals surface area (Å²) in [4.78, 5) is 0. The van der Waals surface area contributed by atoms with Crippen LogP contribution in [0.2, 0.25) is 0 Å². The number of methoxy groups -OCH3 is 1. The van der Waals surface area contributed by atoms with Crippen LogP contribution in [0.4, 0.5) is 0 Å². The number of nitrogens with one attached hydrogen (secondary N) is 1. The summed E-state index contributed by atoms with van der Waals surface area (Å²) < 4.78 is 10.3.